The molecule has 4 aromatic rings. The normalized spacial score (nSPS) is 19.7. The average Bonchev–Trinajstić information content (AvgIpc) is 3.37. The number of hydrogen-bond acceptors (Lipinski definition) is 5. The summed E-state index contributed by atoms with van der Waals surface area (Å²) in [6, 6.07) is 30.9. The van der Waals surface area contributed by atoms with Crippen LogP contribution in [-0.2, 0) is 9.53 Å². The lowest BCUT2D eigenvalue weighted by molar-refractivity contribution is -0.137. The number of fused-ring (bicyclic) bond motifs is 2. The van der Waals surface area contributed by atoms with Crippen molar-refractivity contribution in [2.45, 2.75) is 25.3 Å². The molecule has 1 aromatic heterocycles. The fourth-order valence-corrected chi connectivity index (χ4v) is 5.39. The van der Waals surface area contributed by atoms with Crippen LogP contribution in [0.15, 0.2) is 108 Å². The summed E-state index contributed by atoms with van der Waals surface area (Å²) in [5.74, 6) is -0.897. The maximum atomic E-state index is 13.5. The summed E-state index contributed by atoms with van der Waals surface area (Å²) in [6.45, 7) is -0.405. The lowest BCUT2D eigenvalue weighted by atomic mass is 9.77. The number of hydrogen-bond donors (Lipinski definition) is 0. The molecule has 188 valence electrons. The molecule has 1 aliphatic carbocycles. The average molecular weight is 502 g/mol. The largest absolute Gasteiger partial charge is 0.451 e. The highest BCUT2D eigenvalue weighted by molar-refractivity contribution is 6.08. The molecule has 0 radical (unpaired) electrons. The quantitative estimate of drug-likeness (QED) is 0.305. The van der Waals surface area contributed by atoms with E-state index in [2.05, 4.69) is 23.2 Å². The summed E-state index contributed by atoms with van der Waals surface area (Å²) >= 11 is 0. The van der Waals surface area contributed by atoms with Gasteiger partial charge in [-0.25, -0.2) is 14.8 Å². The Bertz CT molecular complexity index is 1550. The van der Waals surface area contributed by atoms with Crippen molar-refractivity contribution in [2.24, 2.45) is 11.0 Å². The van der Waals surface area contributed by atoms with Crippen molar-refractivity contribution in [1.82, 2.24) is 9.99 Å². The summed E-state index contributed by atoms with van der Waals surface area (Å²) < 4.78 is 5.43. The van der Waals surface area contributed by atoms with Crippen molar-refractivity contribution < 1.29 is 14.3 Å². The van der Waals surface area contributed by atoms with Crippen LogP contribution in [0.25, 0.3) is 17.0 Å². The monoisotopic (exact) mass is 501 g/mol. The smallest absolute Gasteiger partial charge is 0.357 e. The van der Waals surface area contributed by atoms with E-state index in [1.165, 1.54) is 5.01 Å². The molecule has 0 saturated heterocycles. The topological polar surface area (TPSA) is 71.9 Å². The molecule has 2 atom stereocenters. The molecular formula is C32H27N3O3. The molecule has 38 heavy (non-hydrogen) atoms. The second-order valence-corrected chi connectivity index (χ2v) is 9.62. The van der Waals surface area contributed by atoms with Crippen molar-refractivity contribution in [3.63, 3.8) is 0 Å². The molecule has 2 aliphatic rings. The molecule has 1 amide bonds. The van der Waals surface area contributed by atoms with Crippen LogP contribution in [0, 0.1) is 5.92 Å². The fourth-order valence-electron chi connectivity index (χ4n) is 5.39. The van der Waals surface area contributed by atoms with Crippen LogP contribution < -0.4 is 0 Å². The molecule has 6 nitrogen and oxygen atoms in total. The summed E-state index contributed by atoms with van der Waals surface area (Å²) in [6.07, 6.45) is 5.05. The van der Waals surface area contributed by atoms with Gasteiger partial charge in [0.05, 0.1) is 17.3 Å². The van der Waals surface area contributed by atoms with Crippen LogP contribution in [0.3, 0.4) is 0 Å². The number of rotatable bonds is 5. The first-order chi connectivity index (χ1) is 18.7. The third kappa shape index (κ3) is 4.73. The Morgan fingerprint density at radius 1 is 0.895 bits per heavy atom. The minimum atomic E-state index is -0.630. The highest BCUT2D eigenvalue weighted by Gasteiger charge is 2.43. The SMILES string of the molecule is O=C(OCC(=O)N1N=C2C(=Cc3ccccc3)CCCC2C1c1ccccc1)c1ccc2ccccc2n1. The van der Waals surface area contributed by atoms with Crippen LogP contribution >= 0.6 is 0 Å². The lowest BCUT2D eigenvalue weighted by Crippen LogP contribution is -2.34. The Morgan fingerprint density at radius 2 is 1.63 bits per heavy atom. The predicted molar refractivity (Wildman–Crippen MR) is 147 cm³/mol. The minimum Gasteiger partial charge on any atom is -0.451 e. The van der Waals surface area contributed by atoms with Crippen molar-refractivity contribution in [3.05, 3.63) is 119 Å². The fraction of sp³-hybridized carbons (Fsp3) is 0.188. The number of hydrazone groups is 1. The van der Waals surface area contributed by atoms with E-state index in [0.29, 0.717) is 5.52 Å². The highest BCUT2D eigenvalue weighted by atomic mass is 16.5. The highest BCUT2D eigenvalue weighted by Crippen LogP contribution is 2.44. The molecule has 6 heteroatoms. The van der Waals surface area contributed by atoms with Crippen LogP contribution in [0.4, 0.5) is 0 Å². The van der Waals surface area contributed by atoms with Gasteiger partial charge in [-0.2, -0.15) is 5.10 Å². The van der Waals surface area contributed by atoms with Crippen LogP contribution in [-0.4, -0.2) is 34.2 Å². The number of allylic oxidation sites excluding steroid dienone is 1. The van der Waals surface area contributed by atoms with Gasteiger partial charge in [0.15, 0.2) is 6.61 Å². The van der Waals surface area contributed by atoms with E-state index >= 15 is 0 Å². The number of ether oxygens (including phenoxy) is 1. The first kappa shape index (κ1) is 23.8. The Kier molecular flexibility index (Phi) is 6.53. The van der Waals surface area contributed by atoms with Gasteiger partial charge in [0.1, 0.15) is 5.69 Å². The molecule has 1 fully saturated rings. The van der Waals surface area contributed by atoms with Crippen molar-refractivity contribution in [2.75, 3.05) is 6.61 Å². The van der Waals surface area contributed by atoms with E-state index in [4.69, 9.17) is 9.84 Å². The Hall–Kier alpha value is -4.58. The number of aromatic nitrogens is 1. The molecule has 0 spiro atoms. The molecule has 2 heterocycles. The van der Waals surface area contributed by atoms with Crippen LogP contribution in [0.5, 0.6) is 0 Å². The van der Waals surface area contributed by atoms with Gasteiger partial charge in [-0.15, -0.1) is 0 Å². The zero-order chi connectivity index (χ0) is 25.9. The van der Waals surface area contributed by atoms with Crippen molar-refractivity contribution in [1.29, 1.82) is 0 Å². The van der Waals surface area contributed by atoms with Gasteiger partial charge >= 0.3 is 5.97 Å². The van der Waals surface area contributed by atoms with Gasteiger partial charge in [-0.1, -0.05) is 84.9 Å². The zero-order valence-corrected chi connectivity index (χ0v) is 20.9. The third-order valence-corrected chi connectivity index (χ3v) is 7.17. The first-order valence-corrected chi connectivity index (χ1v) is 12.9. The van der Waals surface area contributed by atoms with Gasteiger partial charge in [0, 0.05) is 11.3 Å². The number of carbonyl (C=O) groups is 2. The molecule has 1 saturated carbocycles. The number of amides is 1. The van der Waals surface area contributed by atoms with E-state index in [0.717, 1.165) is 47.1 Å². The van der Waals surface area contributed by atoms with Crippen molar-refractivity contribution >= 4 is 34.6 Å². The third-order valence-electron chi connectivity index (χ3n) is 7.17. The molecule has 1 aliphatic heterocycles. The second kappa shape index (κ2) is 10.4. The van der Waals surface area contributed by atoms with Gasteiger partial charge in [0.2, 0.25) is 0 Å². The Balaban J connectivity index is 1.26. The number of nitrogens with zero attached hydrogens (tertiary/aromatic N) is 3. The predicted octanol–water partition coefficient (Wildman–Crippen LogP) is 6.21. The summed E-state index contributed by atoms with van der Waals surface area (Å²) in [5, 5.41) is 7.32. The molecule has 0 N–H and O–H groups in total. The van der Waals surface area contributed by atoms with Crippen LogP contribution in [0.2, 0.25) is 0 Å². The summed E-state index contributed by atoms with van der Waals surface area (Å²) in [5.41, 5.74) is 5.11. The molecule has 0 bridgehead atoms. The lowest BCUT2D eigenvalue weighted by Gasteiger charge is -2.29. The maximum absolute atomic E-state index is 13.5. The number of carbonyl (C=O) groups excluding carboxylic acids is 2. The maximum Gasteiger partial charge on any atom is 0.357 e. The minimum absolute atomic E-state index is 0.0860. The molecule has 6 rings (SSSR count). The van der Waals surface area contributed by atoms with E-state index in [-0.39, 0.29) is 23.6 Å². The van der Waals surface area contributed by atoms with E-state index < -0.39 is 12.6 Å². The standard InChI is InChI=1S/C32H27N3O3/c36-29(21-38-32(37)28-19-18-23-12-7-8-17-27(23)33-28)35-31(24-13-5-2-6-14-24)26-16-9-15-25(30(26)34-35)20-22-10-3-1-4-11-22/h1-8,10-14,17-20,26,31H,9,15-16,21H2. The molecule has 2 unspecified atom stereocenters. The summed E-state index contributed by atoms with van der Waals surface area (Å²) in [4.78, 5) is 30.6. The number of pyridine rings is 1. The number of benzene rings is 3. The summed E-state index contributed by atoms with van der Waals surface area (Å²) in [7, 11) is 0. The van der Waals surface area contributed by atoms with Gasteiger partial charge < -0.3 is 4.74 Å². The van der Waals surface area contributed by atoms with Gasteiger partial charge in [0.25, 0.3) is 5.91 Å². The Labute approximate surface area is 221 Å². The number of esters is 1. The Morgan fingerprint density at radius 3 is 2.45 bits per heavy atom. The number of para-hydroxylation sites is 1. The second-order valence-electron chi connectivity index (χ2n) is 9.62. The van der Waals surface area contributed by atoms with Crippen molar-refractivity contribution in [3.8, 4) is 0 Å². The van der Waals surface area contributed by atoms with E-state index in [1.807, 2.05) is 78.9 Å². The zero-order valence-electron chi connectivity index (χ0n) is 20.9. The first-order valence-electron chi connectivity index (χ1n) is 12.9. The molecule has 3 aromatic carbocycles. The molecular weight excluding hydrogens is 474 g/mol. The van der Waals surface area contributed by atoms with E-state index in [9.17, 15) is 9.59 Å². The van der Waals surface area contributed by atoms with Gasteiger partial charge in [-0.05, 0) is 54.2 Å². The van der Waals surface area contributed by atoms with Gasteiger partial charge in [-0.3, -0.25) is 4.79 Å². The van der Waals surface area contributed by atoms with Crippen LogP contribution in [0.1, 0.15) is 46.9 Å². The van der Waals surface area contributed by atoms with E-state index in [1.54, 1.807) is 6.07 Å².